The number of nitrogens with one attached hydrogen (secondary N) is 1. The molecule has 1 aromatic carbocycles. The molecule has 0 radical (unpaired) electrons. The van der Waals surface area contributed by atoms with E-state index in [2.05, 4.69) is 10.3 Å². The van der Waals surface area contributed by atoms with Crippen molar-refractivity contribution in [1.82, 2.24) is 15.2 Å². The summed E-state index contributed by atoms with van der Waals surface area (Å²) in [5.74, 6) is 0.101. The molecule has 1 aromatic heterocycles. The monoisotopic (exact) mass is 387 g/mol. The number of aromatic nitrogens is 1. The van der Waals surface area contributed by atoms with Crippen LogP contribution in [0.3, 0.4) is 0 Å². The Bertz CT molecular complexity index is 657. The number of hydrogen-bond acceptors (Lipinski definition) is 4. The van der Waals surface area contributed by atoms with Crippen LogP contribution in [-0.2, 0) is 0 Å². The van der Waals surface area contributed by atoms with Crippen molar-refractivity contribution in [1.29, 1.82) is 0 Å². The second kappa shape index (κ2) is 9.37. The zero-order chi connectivity index (χ0) is 15.5. The Morgan fingerprint density at radius 1 is 1.21 bits per heavy atom. The number of benzene rings is 1. The quantitative estimate of drug-likeness (QED) is 0.870. The van der Waals surface area contributed by atoms with Gasteiger partial charge in [-0.05, 0) is 32.9 Å². The van der Waals surface area contributed by atoms with E-state index in [4.69, 9.17) is 0 Å². The molecule has 4 nitrogen and oxygen atoms in total. The minimum Gasteiger partial charge on any atom is -0.338 e. The highest BCUT2D eigenvalue weighted by Gasteiger charge is 2.26. The van der Waals surface area contributed by atoms with E-state index in [0.29, 0.717) is 6.04 Å². The van der Waals surface area contributed by atoms with Crippen LogP contribution in [0.2, 0.25) is 0 Å². The van der Waals surface area contributed by atoms with Crippen LogP contribution in [0.5, 0.6) is 0 Å². The highest BCUT2D eigenvalue weighted by Crippen LogP contribution is 2.29. The normalized spacial score (nSPS) is 14.4. The van der Waals surface area contributed by atoms with Gasteiger partial charge in [0.2, 0.25) is 0 Å². The van der Waals surface area contributed by atoms with Gasteiger partial charge in [-0.1, -0.05) is 30.3 Å². The summed E-state index contributed by atoms with van der Waals surface area (Å²) in [5, 5.41) is 4.25. The zero-order valence-electron chi connectivity index (χ0n) is 13.8. The molecule has 7 heteroatoms. The maximum absolute atomic E-state index is 12.8. The second-order valence-corrected chi connectivity index (χ2v) is 6.70. The Balaban J connectivity index is 0.00000144. The molecule has 1 N–H and O–H groups in total. The number of piperidine rings is 1. The molecule has 2 heterocycles. The topological polar surface area (TPSA) is 45.2 Å². The fourth-order valence-corrected chi connectivity index (χ4v) is 3.87. The van der Waals surface area contributed by atoms with Crippen LogP contribution in [0, 0.1) is 6.92 Å². The summed E-state index contributed by atoms with van der Waals surface area (Å²) in [6.45, 7) is 3.89. The average Bonchev–Trinajstić information content (AvgIpc) is 2.97. The minimum absolute atomic E-state index is 0. The van der Waals surface area contributed by atoms with Gasteiger partial charge in [0.1, 0.15) is 9.88 Å². The van der Waals surface area contributed by atoms with Crippen LogP contribution in [0.25, 0.3) is 10.6 Å². The molecular formula is C17H23Cl2N3OS. The molecule has 0 atom stereocenters. The van der Waals surface area contributed by atoms with Gasteiger partial charge in [0.15, 0.2) is 0 Å². The molecule has 0 saturated carbocycles. The van der Waals surface area contributed by atoms with Crippen molar-refractivity contribution in [2.75, 3.05) is 20.1 Å². The molecule has 0 unspecified atom stereocenters. The van der Waals surface area contributed by atoms with Crippen LogP contribution >= 0.6 is 36.2 Å². The Kier molecular flexibility index (Phi) is 8.16. The lowest BCUT2D eigenvalue weighted by molar-refractivity contribution is 0.0707. The number of hydrogen-bond donors (Lipinski definition) is 1. The molecule has 1 aliphatic rings. The third-order valence-electron chi connectivity index (χ3n) is 4.19. The van der Waals surface area contributed by atoms with Crippen molar-refractivity contribution in [3.05, 3.63) is 40.9 Å². The molecule has 1 fully saturated rings. The van der Waals surface area contributed by atoms with Crippen molar-refractivity contribution >= 4 is 42.1 Å². The number of carbonyl (C=O) groups excluding carboxylic acids is 1. The van der Waals surface area contributed by atoms with E-state index in [1.165, 1.54) is 11.3 Å². The summed E-state index contributed by atoms with van der Waals surface area (Å²) in [6.07, 6.45) is 2.04. The second-order valence-electron chi connectivity index (χ2n) is 5.70. The Hall–Kier alpha value is -1.14. The molecule has 2 aromatic rings. The van der Waals surface area contributed by atoms with Gasteiger partial charge in [0.05, 0.1) is 5.69 Å². The summed E-state index contributed by atoms with van der Waals surface area (Å²) in [5.41, 5.74) is 1.90. The smallest absolute Gasteiger partial charge is 0.265 e. The van der Waals surface area contributed by atoms with Gasteiger partial charge in [0.25, 0.3) is 5.91 Å². The molecule has 0 aliphatic carbocycles. The van der Waals surface area contributed by atoms with Gasteiger partial charge in [-0.15, -0.1) is 36.2 Å². The van der Waals surface area contributed by atoms with Crippen molar-refractivity contribution in [2.24, 2.45) is 0 Å². The van der Waals surface area contributed by atoms with Crippen molar-refractivity contribution < 1.29 is 4.79 Å². The number of amides is 1. The molecule has 1 saturated heterocycles. The first-order valence-corrected chi connectivity index (χ1v) is 8.49. The Morgan fingerprint density at radius 3 is 2.46 bits per heavy atom. The highest BCUT2D eigenvalue weighted by molar-refractivity contribution is 7.17. The van der Waals surface area contributed by atoms with Gasteiger partial charge < -0.3 is 10.2 Å². The van der Waals surface area contributed by atoms with Crippen molar-refractivity contribution in [3.8, 4) is 10.6 Å². The summed E-state index contributed by atoms with van der Waals surface area (Å²) >= 11 is 1.50. The third kappa shape index (κ3) is 4.48. The lowest BCUT2D eigenvalue weighted by Crippen LogP contribution is -2.43. The van der Waals surface area contributed by atoms with Gasteiger partial charge in [-0.3, -0.25) is 4.79 Å². The molecular weight excluding hydrogens is 365 g/mol. The fraction of sp³-hybridized carbons (Fsp3) is 0.412. The van der Waals surface area contributed by atoms with Crippen LogP contribution in [0.1, 0.15) is 28.2 Å². The van der Waals surface area contributed by atoms with E-state index in [9.17, 15) is 4.79 Å². The van der Waals surface area contributed by atoms with E-state index in [1.807, 2.05) is 49.2 Å². The minimum atomic E-state index is 0. The predicted molar refractivity (Wildman–Crippen MR) is 105 cm³/mol. The average molecular weight is 388 g/mol. The number of thiazole rings is 1. The predicted octanol–water partition coefficient (Wildman–Crippen LogP) is 3.79. The highest BCUT2D eigenvalue weighted by atomic mass is 35.5. The lowest BCUT2D eigenvalue weighted by Gasteiger charge is -2.31. The molecule has 1 amide bonds. The van der Waals surface area contributed by atoms with Gasteiger partial charge >= 0.3 is 0 Å². The number of rotatable bonds is 3. The van der Waals surface area contributed by atoms with E-state index >= 15 is 0 Å². The fourth-order valence-electron chi connectivity index (χ4n) is 2.82. The summed E-state index contributed by atoms with van der Waals surface area (Å²) in [4.78, 5) is 20.0. The number of aryl methyl sites for hydroxylation is 1. The van der Waals surface area contributed by atoms with Crippen molar-refractivity contribution in [3.63, 3.8) is 0 Å². The van der Waals surface area contributed by atoms with Gasteiger partial charge in [0, 0.05) is 18.7 Å². The van der Waals surface area contributed by atoms with E-state index in [-0.39, 0.29) is 30.7 Å². The van der Waals surface area contributed by atoms with Crippen LogP contribution in [0.4, 0.5) is 0 Å². The van der Waals surface area contributed by atoms with Crippen LogP contribution in [-0.4, -0.2) is 42.0 Å². The molecule has 3 rings (SSSR count). The van der Waals surface area contributed by atoms with E-state index < -0.39 is 0 Å². The Labute approximate surface area is 159 Å². The first-order valence-electron chi connectivity index (χ1n) is 7.67. The lowest BCUT2D eigenvalue weighted by atomic mass is 10.1. The maximum atomic E-state index is 12.8. The molecule has 1 aliphatic heterocycles. The molecule has 132 valence electrons. The summed E-state index contributed by atoms with van der Waals surface area (Å²) in [6, 6.07) is 10.4. The Morgan fingerprint density at radius 2 is 1.83 bits per heavy atom. The third-order valence-corrected chi connectivity index (χ3v) is 5.38. The summed E-state index contributed by atoms with van der Waals surface area (Å²) < 4.78 is 0. The standard InChI is InChI=1S/C17H21N3OS.2ClH/c1-12-15(17(21)20(2)14-8-10-18-11-9-14)22-16(19-12)13-6-4-3-5-7-13;;/h3-7,14,18H,8-11H2,1-2H3;2*1H. The SMILES string of the molecule is Cc1nc(-c2ccccc2)sc1C(=O)N(C)C1CCNCC1.Cl.Cl. The van der Waals surface area contributed by atoms with Crippen LogP contribution in [0.15, 0.2) is 30.3 Å². The molecule has 0 spiro atoms. The van der Waals surface area contributed by atoms with Crippen molar-refractivity contribution in [2.45, 2.75) is 25.8 Å². The number of halogens is 2. The first-order chi connectivity index (χ1) is 10.7. The largest absolute Gasteiger partial charge is 0.338 e. The van der Waals surface area contributed by atoms with Crippen LogP contribution < -0.4 is 5.32 Å². The number of carbonyl (C=O) groups is 1. The summed E-state index contributed by atoms with van der Waals surface area (Å²) in [7, 11) is 1.92. The van der Waals surface area contributed by atoms with Gasteiger partial charge in [-0.2, -0.15) is 0 Å². The maximum Gasteiger partial charge on any atom is 0.265 e. The zero-order valence-corrected chi connectivity index (χ0v) is 16.3. The molecule has 24 heavy (non-hydrogen) atoms. The first kappa shape index (κ1) is 20.9. The molecule has 0 bridgehead atoms. The number of nitrogens with zero attached hydrogens (tertiary/aromatic N) is 2. The van der Waals surface area contributed by atoms with E-state index in [1.54, 1.807) is 0 Å². The van der Waals surface area contributed by atoms with E-state index in [0.717, 1.165) is 47.1 Å². The van der Waals surface area contributed by atoms with Gasteiger partial charge in [-0.25, -0.2) is 4.98 Å².